The Labute approximate surface area is 196 Å². The smallest absolute Gasteiger partial charge is 0.261 e. The third-order valence-corrected chi connectivity index (χ3v) is 7.11. The number of nitrogens with zero attached hydrogens (tertiary/aromatic N) is 1. The standard InChI is InChI=1S/C23H20Cl2N2O4S/c1-31-22-10-7-18(14-20(22)25)26-32(29,30)19-8-9-21-15(13-19)5-3-11-27(21)23(28)16-4-2-6-17(24)12-16/h2,4,6-10,12-14,26H,3,5,11H2,1H3. The fraction of sp³-hybridized carbons (Fsp3) is 0.174. The highest BCUT2D eigenvalue weighted by Gasteiger charge is 2.26. The van der Waals surface area contributed by atoms with E-state index < -0.39 is 10.0 Å². The van der Waals surface area contributed by atoms with Gasteiger partial charge in [-0.25, -0.2) is 8.42 Å². The van der Waals surface area contributed by atoms with E-state index in [1.165, 1.54) is 19.2 Å². The van der Waals surface area contributed by atoms with E-state index in [1.54, 1.807) is 53.4 Å². The lowest BCUT2D eigenvalue weighted by Gasteiger charge is -2.30. The van der Waals surface area contributed by atoms with Gasteiger partial charge >= 0.3 is 0 Å². The molecule has 166 valence electrons. The SMILES string of the molecule is COc1ccc(NS(=O)(=O)c2ccc3c(c2)CCCN3C(=O)c2cccc(Cl)c2)cc1Cl. The van der Waals surface area contributed by atoms with Gasteiger partial charge in [0.05, 0.1) is 22.7 Å². The largest absolute Gasteiger partial charge is 0.495 e. The van der Waals surface area contributed by atoms with Crippen LogP contribution in [0.2, 0.25) is 10.0 Å². The molecule has 1 heterocycles. The zero-order chi connectivity index (χ0) is 22.9. The molecular weight excluding hydrogens is 471 g/mol. The average Bonchev–Trinajstić information content (AvgIpc) is 2.77. The van der Waals surface area contributed by atoms with Crippen molar-refractivity contribution in [2.45, 2.75) is 17.7 Å². The van der Waals surface area contributed by atoms with Crippen LogP contribution in [0.15, 0.2) is 65.6 Å². The number of amides is 1. The molecule has 0 saturated carbocycles. The second kappa shape index (κ2) is 9.02. The molecule has 6 nitrogen and oxygen atoms in total. The number of methoxy groups -OCH3 is 1. The summed E-state index contributed by atoms with van der Waals surface area (Å²) >= 11 is 12.1. The highest BCUT2D eigenvalue weighted by atomic mass is 35.5. The second-order valence-corrected chi connectivity index (χ2v) is 9.84. The molecule has 0 saturated heterocycles. The van der Waals surface area contributed by atoms with Gasteiger partial charge in [0.25, 0.3) is 15.9 Å². The molecule has 1 aliphatic heterocycles. The predicted molar refractivity (Wildman–Crippen MR) is 127 cm³/mol. The molecule has 1 aliphatic rings. The molecule has 0 spiro atoms. The van der Waals surface area contributed by atoms with Gasteiger partial charge in [-0.3, -0.25) is 9.52 Å². The number of nitrogens with one attached hydrogen (secondary N) is 1. The Morgan fingerprint density at radius 1 is 1.06 bits per heavy atom. The molecule has 4 rings (SSSR count). The van der Waals surface area contributed by atoms with Gasteiger partial charge in [-0.15, -0.1) is 0 Å². The highest BCUT2D eigenvalue weighted by molar-refractivity contribution is 7.92. The van der Waals surface area contributed by atoms with Crippen LogP contribution in [-0.2, 0) is 16.4 Å². The molecule has 0 aromatic heterocycles. The molecule has 0 fully saturated rings. The topological polar surface area (TPSA) is 75.7 Å². The number of aryl methyl sites for hydroxylation is 1. The summed E-state index contributed by atoms with van der Waals surface area (Å²) < 4.78 is 33.5. The minimum Gasteiger partial charge on any atom is -0.495 e. The molecule has 32 heavy (non-hydrogen) atoms. The lowest BCUT2D eigenvalue weighted by molar-refractivity contribution is 0.0985. The van der Waals surface area contributed by atoms with Crippen LogP contribution >= 0.6 is 23.2 Å². The zero-order valence-corrected chi connectivity index (χ0v) is 19.5. The van der Waals surface area contributed by atoms with Crippen molar-refractivity contribution in [3.63, 3.8) is 0 Å². The molecule has 1 N–H and O–H groups in total. The van der Waals surface area contributed by atoms with Gasteiger partial charge in [-0.2, -0.15) is 0 Å². The van der Waals surface area contributed by atoms with E-state index in [0.29, 0.717) is 45.7 Å². The Morgan fingerprint density at radius 2 is 1.88 bits per heavy atom. The van der Waals surface area contributed by atoms with Gasteiger partial charge in [-0.1, -0.05) is 29.3 Å². The van der Waals surface area contributed by atoms with Crippen LogP contribution in [0, 0.1) is 0 Å². The lowest BCUT2D eigenvalue weighted by Crippen LogP contribution is -2.35. The van der Waals surface area contributed by atoms with Gasteiger partial charge in [0.1, 0.15) is 5.75 Å². The number of benzene rings is 3. The number of anilines is 2. The number of hydrogen-bond donors (Lipinski definition) is 1. The third-order valence-electron chi connectivity index (χ3n) is 5.20. The fourth-order valence-corrected chi connectivity index (χ4v) is 5.22. The van der Waals surface area contributed by atoms with E-state index in [2.05, 4.69) is 4.72 Å². The molecule has 0 aliphatic carbocycles. The molecule has 3 aromatic rings. The first kappa shape index (κ1) is 22.5. The summed E-state index contributed by atoms with van der Waals surface area (Å²) in [6.07, 6.45) is 1.40. The summed E-state index contributed by atoms with van der Waals surface area (Å²) in [5.74, 6) is 0.280. The second-order valence-electron chi connectivity index (χ2n) is 7.32. The molecule has 0 radical (unpaired) electrons. The lowest BCUT2D eigenvalue weighted by atomic mass is 10.0. The maximum Gasteiger partial charge on any atom is 0.261 e. The van der Waals surface area contributed by atoms with Crippen LogP contribution in [0.1, 0.15) is 22.3 Å². The third kappa shape index (κ3) is 4.55. The zero-order valence-electron chi connectivity index (χ0n) is 17.1. The summed E-state index contributed by atoms with van der Waals surface area (Å²) in [7, 11) is -2.36. The molecule has 0 unspecified atom stereocenters. The maximum absolute atomic E-state index is 13.0. The van der Waals surface area contributed by atoms with Crippen molar-refractivity contribution in [1.82, 2.24) is 0 Å². The van der Waals surface area contributed by atoms with Crippen molar-refractivity contribution in [1.29, 1.82) is 0 Å². The van der Waals surface area contributed by atoms with E-state index >= 15 is 0 Å². The fourth-order valence-electron chi connectivity index (χ4n) is 3.67. The monoisotopic (exact) mass is 490 g/mol. The average molecular weight is 491 g/mol. The van der Waals surface area contributed by atoms with Crippen molar-refractivity contribution < 1.29 is 17.9 Å². The Morgan fingerprint density at radius 3 is 2.59 bits per heavy atom. The quantitative estimate of drug-likeness (QED) is 0.519. The summed E-state index contributed by atoms with van der Waals surface area (Å²) in [6, 6.07) is 16.2. The number of rotatable bonds is 5. The Balaban J connectivity index is 1.61. The summed E-state index contributed by atoms with van der Waals surface area (Å²) in [4.78, 5) is 14.8. The van der Waals surface area contributed by atoms with E-state index in [-0.39, 0.29) is 10.8 Å². The number of carbonyl (C=O) groups is 1. The van der Waals surface area contributed by atoms with Crippen molar-refractivity contribution in [3.05, 3.63) is 81.8 Å². The van der Waals surface area contributed by atoms with Crippen LogP contribution < -0.4 is 14.4 Å². The number of ether oxygens (including phenoxy) is 1. The number of carbonyl (C=O) groups excluding carboxylic acids is 1. The van der Waals surface area contributed by atoms with Crippen molar-refractivity contribution in [2.75, 3.05) is 23.3 Å². The van der Waals surface area contributed by atoms with Gasteiger partial charge in [-0.05, 0) is 73.0 Å². The van der Waals surface area contributed by atoms with E-state index in [0.717, 1.165) is 12.0 Å². The number of hydrogen-bond acceptors (Lipinski definition) is 4. The summed E-state index contributed by atoms with van der Waals surface area (Å²) in [5, 5.41) is 0.785. The Kier molecular flexibility index (Phi) is 6.33. The van der Waals surface area contributed by atoms with E-state index in [1.807, 2.05) is 0 Å². The molecule has 3 aromatic carbocycles. The first-order valence-corrected chi connectivity index (χ1v) is 12.1. The molecular formula is C23H20Cl2N2O4S. The molecule has 1 amide bonds. The normalized spacial score (nSPS) is 13.4. The maximum atomic E-state index is 13.0. The highest BCUT2D eigenvalue weighted by Crippen LogP contribution is 2.32. The molecule has 0 bridgehead atoms. The van der Waals surface area contributed by atoms with Crippen LogP contribution in [-0.4, -0.2) is 28.0 Å². The van der Waals surface area contributed by atoms with Crippen LogP contribution in [0.5, 0.6) is 5.75 Å². The van der Waals surface area contributed by atoms with Crippen molar-refractivity contribution in [3.8, 4) is 5.75 Å². The van der Waals surface area contributed by atoms with Crippen LogP contribution in [0.4, 0.5) is 11.4 Å². The summed E-state index contributed by atoms with van der Waals surface area (Å²) in [5.41, 5.74) is 2.31. The van der Waals surface area contributed by atoms with Gasteiger partial charge < -0.3 is 9.64 Å². The van der Waals surface area contributed by atoms with Crippen molar-refractivity contribution in [2.24, 2.45) is 0 Å². The van der Waals surface area contributed by atoms with Crippen molar-refractivity contribution >= 4 is 50.5 Å². The first-order valence-electron chi connectivity index (χ1n) is 9.85. The minimum absolute atomic E-state index is 0.111. The number of fused-ring (bicyclic) bond motifs is 1. The number of halogens is 2. The predicted octanol–water partition coefficient (Wildman–Crippen LogP) is 5.40. The number of sulfonamides is 1. The van der Waals surface area contributed by atoms with Gasteiger partial charge in [0, 0.05) is 22.8 Å². The molecule has 9 heteroatoms. The van der Waals surface area contributed by atoms with E-state index in [9.17, 15) is 13.2 Å². The summed E-state index contributed by atoms with van der Waals surface area (Å²) in [6.45, 7) is 0.549. The first-order chi connectivity index (χ1) is 15.3. The van der Waals surface area contributed by atoms with Gasteiger partial charge in [0.15, 0.2) is 0 Å². The van der Waals surface area contributed by atoms with E-state index in [4.69, 9.17) is 27.9 Å². The Bertz CT molecular complexity index is 1290. The van der Waals surface area contributed by atoms with Crippen LogP contribution in [0.3, 0.4) is 0 Å². The Hall–Kier alpha value is -2.74. The molecule has 0 atom stereocenters. The minimum atomic E-state index is -3.85. The van der Waals surface area contributed by atoms with Gasteiger partial charge in [0.2, 0.25) is 0 Å². The van der Waals surface area contributed by atoms with Crippen LogP contribution in [0.25, 0.3) is 0 Å².